The first-order valence-electron chi connectivity index (χ1n) is 17.9. The van der Waals surface area contributed by atoms with Crippen molar-refractivity contribution < 1.29 is 23.8 Å². The van der Waals surface area contributed by atoms with Crippen LogP contribution in [0.1, 0.15) is 115 Å². The van der Waals surface area contributed by atoms with Crippen molar-refractivity contribution in [2.45, 2.75) is 132 Å². The summed E-state index contributed by atoms with van der Waals surface area (Å²) in [5.41, 5.74) is 13.0. The Morgan fingerprint density at radius 3 is 2.29 bits per heavy atom. The molecule has 1 amide bonds. The molecule has 1 saturated heterocycles. The molecule has 0 aromatic heterocycles. The zero-order valence-corrected chi connectivity index (χ0v) is 30.3. The lowest BCUT2D eigenvalue weighted by atomic mass is 9.34. The summed E-state index contributed by atoms with van der Waals surface area (Å²) in [6, 6.07) is 0. The summed E-state index contributed by atoms with van der Waals surface area (Å²) in [4.78, 5) is 26.2. The van der Waals surface area contributed by atoms with Gasteiger partial charge in [0.2, 0.25) is 5.91 Å². The number of hydrogen-bond donors (Lipinski definition) is 2. The molecule has 12 atom stereocenters. The lowest BCUT2D eigenvalue weighted by molar-refractivity contribution is -0.268. The molecule has 2 bridgehead atoms. The normalized spacial score (nSPS) is 46.3. The van der Waals surface area contributed by atoms with Gasteiger partial charge >= 0.3 is 5.97 Å². The summed E-state index contributed by atoms with van der Waals surface area (Å²) in [7, 11) is 0. The summed E-state index contributed by atoms with van der Waals surface area (Å²) in [5, 5.41) is 0. The molecule has 3 saturated carbocycles. The van der Waals surface area contributed by atoms with Crippen LogP contribution < -0.4 is 11.5 Å². The maximum Gasteiger partial charge on any atom is 0.302 e. The standard InChI is InChI=1S/C38H64N2O5/c1-22(2)24(5)33(7)16-17-35(9)26-12-13-29-34(8)19-43-21-38(29,27(26)14-15-36(35,10)30(33)32(39)42)18-28(45-25(6)41)31(34)44-20-37(11,40)23(3)4/h14,22-24,26,28-31H,12-13,15-21,40H2,1-11H3,(H2,39,42)/t24-,26+,28-,29+,30-,31+,33-,34+,35-,36+,37-,38+/m1/s1. The molecule has 5 rings (SSSR count). The van der Waals surface area contributed by atoms with Gasteiger partial charge in [-0.05, 0) is 91.3 Å². The Bertz CT molecular complexity index is 1210. The summed E-state index contributed by atoms with van der Waals surface area (Å²) < 4.78 is 19.5. The number of ether oxygens (including phenoxy) is 3. The smallest absolute Gasteiger partial charge is 0.302 e. The molecule has 5 aliphatic rings. The molecule has 7 heteroatoms. The van der Waals surface area contributed by atoms with Crippen molar-refractivity contribution in [1.29, 1.82) is 0 Å². The van der Waals surface area contributed by atoms with Crippen LogP contribution in [0, 0.1) is 62.6 Å². The summed E-state index contributed by atoms with van der Waals surface area (Å²) in [6.07, 6.45) is 7.55. The molecular weight excluding hydrogens is 564 g/mol. The van der Waals surface area contributed by atoms with Crippen molar-refractivity contribution in [1.82, 2.24) is 0 Å². The largest absolute Gasteiger partial charge is 0.460 e. The second-order valence-corrected chi connectivity index (χ2v) is 18.2. The third-order valence-electron chi connectivity index (χ3n) is 15.3. The Hall–Kier alpha value is -1.44. The van der Waals surface area contributed by atoms with Crippen LogP contribution in [0.4, 0.5) is 0 Å². The monoisotopic (exact) mass is 628 g/mol. The van der Waals surface area contributed by atoms with Crippen molar-refractivity contribution in [2.75, 3.05) is 19.8 Å². The van der Waals surface area contributed by atoms with E-state index >= 15 is 0 Å². The van der Waals surface area contributed by atoms with E-state index in [1.54, 1.807) is 0 Å². The van der Waals surface area contributed by atoms with E-state index in [0.717, 1.165) is 32.1 Å². The van der Waals surface area contributed by atoms with E-state index in [4.69, 9.17) is 25.7 Å². The van der Waals surface area contributed by atoms with Crippen LogP contribution in [0.15, 0.2) is 11.6 Å². The number of esters is 1. The molecule has 1 heterocycles. The van der Waals surface area contributed by atoms with E-state index in [1.807, 2.05) is 6.92 Å². The predicted octanol–water partition coefficient (Wildman–Crippen LogP) is 6.67. The predicted molar refractivity (Wildman–Crippen MR) is 178 cm³/mol. The second-order valence-electron chi connectivity index (χ2n) is 18.2. The number of fused-ring (bicyclic) bond motifs is 3. The Morgan fingerprint density at radius 2 is 1.71 bits per heavy atom. The maximum absolute atomic E-state index is 13.6. The van der Waals surface area contributed by atoms with Gasteiger partial charge in [-0.25, -0.2) is 0 Å². The molecule has 1 aliphatic heterocycles. The molecule has 0 radical (unpaired) electrons. The third kappa shape index (κ3) is 4.98. The van der Waals surface area contributed by atoms with Gasteiger partial charge in [0.1, 0.15) is 12.2 Å². The summed E-state index contributed by atoms with van der Waals surface area (Å²) >= 11 is 0. The number of carbonyl (C=O) groups excluding carboxylic acids is 2. The molecule has 0 unspecified atom stereocenters. The lowest BCUT2D eigenvalue weighted by Gasteiger charge is -2.71. The Balaban J connectivity index is 1.58. The molecule has 45 heavy (non-hydrogen) atoms. The van der Waals surface area contributed by atoms with E-state index < -0.39 is 5.54 Å². The molecule has 0 aromatic rings. The summed E-state index contributed by atoms with van der Waals surface area (Å²) in [6.45, 7) is 25.7. The van der Waals surface area contributed by atoms with E-state index in [-0.39, 0.29) is 63.0 Å². The van der Waals surface area contributed by atoms with Gasteiger partial charge in [0.15, 0.2) is 0 Å². The molecular formula is C38H64N2O5. The lowest BCUT2D eigenvalue weighted by Crippen LogP contribution is -2.70. The number of primary amides is 1. The van der Waals surface area contributed by atoms with Crippen LogP contribution in [0.2, 0.25) is 0 Å². The van der Waals surface area contributed by atoms with Gasteiger partial charge in [-0.1, -0.05) is 74.0 Å². The number of hydrogen-bond acceptors (Lipinski definition) is 6. The highest BCUT2D eigenvalue weighted by Gasteiger charge is 2.71. The van der Waals surface area contributed by atoms with Crippen LogP contribution >= 0.6 is 0 Å². The Labute approximate surface area is 273 Å². The average Bonchev–Trinajstić information content (AvgIpc) is 2.92. The van der Waals surface area contributed by atoms with Gasteiger partial charge in [-0.3, -0.25) is 9.59 Å². The number of amides is 1. The van der Waals surface area contributed by atoms with E-state index in [1.165, 1.54) is 12.5 Å². The van der Waals surface area contributed by atoms with Gasteiger partial charge in [0, 0.05) is 29.2 Å². The minimum Gasteiger partial charge on any atom is -0.460 e. The third-order valence-corrected chi connectivity index (χ3v) is 15.3. The highest BCUT2D eigenvalue weighted by Crippen LogP contribution is 2.75. The molecule has 7 nitrogen and oxygen atoms in total. The van der Waals surface area contributed by atoms with E-state index in [9.17, 15) is 9.59 Å². The first-order chi connectivity index (χ1) is 20.7. The molecule has 0 spiro atoms. The first-order valence-corrected chi connectivity index (χ1v) is 17.9. The van der Waals surface area contributed by atoms with Crippen LogP contribution in [-0.2, 0) is 23.8 Å². The molecule has 4 fully saturated rings. The van der Waals surface area contributed by atoms with E-state index in [0.29, 0.717) is 49.9 Å². The quantitative estimate of drug-likeness (QED) is 0.229. The Kier molecular flexibility index (Phi) is 8.78. The highest BCUT2D eigenvalue weighted by molar-refractivity contribution is 5.79. The van der Waals surface area contributed by atoms with Crippen LogP contribution in [0.25, 0.3) is 0 Å². The fourth-order valence-corrected chi connectivity index (χ4v) is 11.7. The van der Waals surface area contributed by atoms with Gasteiger partial charge in [-0.2, -0.15) is 0 Å². The van der Waals surface area contributed by atoms with Crippen molar-refractivity contribution in [3.05, 3.63) is 11.6 Å². The van der Waals surface area contributed by atoms with E-state index in [2.05, 4.69) is 68.4 Å². The van der Waals surface area contributed by atoms with Gasteiger partial charge in [-0.15, -0.1) is 0 Å². The van der Waals surface area contributed by atoms with Gasteiger partial charge in [0.05, 0.1) is 19.8 Å². The zero-order chi connectivity index (χ0) is 33.5. The minimum atomic E-state index is -0.497. The number of nitrogens with two attached hydrogens (primary N) is 2. The topological polar surface area (TPSA) is 114 Å². The minimum absolute atomic E-state index is 0.0799. The summed E-state index contributed by atoms with van der Waals surface area (Å²) in [5.74, 6) is 1.14. The van der Waals surface area contributed by atoms with Gasteiger partial charge < -0.3 is 25.7 Å². The highest BCUT2D eigenvalue weighted by atomic mass is 16.6. The van der Waals surface area contributed by atoms with Crippen molar-refractivity contribution in [2.24, 2.45) is 74.0 Å². The first kappa shape index (κ1) is 34.9. The SMILES string of the molecule is CC(=O)O[C@@H]1C[C@@]23COC[C@@](C)([C@@H]2CC[C@H]2C3=CC[C@@]3(C)[C@H](C(N)=O)[C@@](C)([C@H](C)C(C)C)CC[C@]23C)[C@H]1OC[C@@](C)(N)C(C)C. The van der Waals surface area contributed by atoms with Crippen molar-refractivity contribution in [3.8, 4) is 0 Å². The number of rotatable bonds is 8. The molecule has 256 valence electrons. The number of carbonyl (C=O) groups is 2. The molecule has 4 N–H and O–H groups in total. The van der Waals surface area contributed by atoms with Crippen molar-refractivity contribution >= 4 is 11.9 Å². The molecule has 4 aliphatic carbocycles. The molecule has 0 aromatic carbocycles. The Morgan fingerprint density at radius 1 is 1.04 bits per heavy atom. The average molecular weight is 629 g/mol. The van der Waals surface area contributed by atoms with Crippen LogP contribution in [0.5, 0.6) is 0 Å². The fraction of sp³-hybridized carbons (Fsp3) is 0.895. The van der Waals surface area contributed by atoms with Crippen LogP contribution in [0.3, 0.4) is 0 Å². The van der Waals surface area contributed by atoms with Crippen LogP contribution in [-0.4, -0.2) is 49.4 Å². The van der Waals surface area contributed by atoms with Crippen molar-refractivity contribution in [3.63, 3.8) is 0 Å². The number of allylic oxidation sites excluding steroid dienone is 1. The van der Waals surface area contributed by atoms with Gasteiger partial charge in [0.25, 0.3) is 0 Å². The second kappa shape index (κ2) is 11.3. The fourth-order valence-electron chi connectivity index (χ4n) is 11.7. The zero-order valence-electron chi connectivity index (χ0n) is 30.3. The maximum atomic E-state index is 13.6.